The van der Waals surface area contributed by atoms with Crippen molar-refractivity contribution >= 4 is 0 Å². The van der Waals surface area contributed by atoms with Gasteiger partial charge in [-0.15, -0.1) is 0 Å². The van der Waals surface area contributed by atoms with Crippen molar-refractivity contribution in [3.8, 4) is 0 Å². The standard InChI is InChI=1S/C35H38O6/c1-36-32-31(39-24-26-16-8-4-9-17-26)30(41-34(38-3)33(32)37-2)25-40-35(27-18-10-5-11-19-27,28-20-12-6-13-21-28)29-22-14-7-15-23-29/h4-23,30-34H,24-25H2,1-3H3/t30-,31+,32+,33-,34+/m1/s1. The molecule has 5 atom stereocenters. The third-order valence-electron chi connectivity index (χ3n) is 7.66. The number of benzene rings is 4. The van der Waals surface area contributed by atoms with Gasteiger partial charge in [-0.05, 0) is 22.3 Å². The van der Waals surface area contributed by atoms with Gasteiger partial charge in [0.25, 0.3) is 0 Å². The lowest BCUT2D eigenvalue weighted by Crippen LogP contribution is -2.61. The summed E-state index contributed by atoms with van der Waals surface area (Å²) in [5, 5.41) is 0. The molecule has 1 fully saturated rings. The summed E-state index contributed by atoms with van der Waals surface area (Å²) in [4.78, 5) is 0. The van der Waals surface area contributed by atoms with Gasteiger partial charge >= 0.3 is 0 Å². The van der Waals surface area contributed by atoms with Crippen LogP contribution in [0.2, 0.25) is 0 Å². The Kier molecular flexibility index (Phi) is 9.96. The highest BCUT2D eigenvalue weighted by atomic mass is 16.7. The highest BCUT2D eigenvalue weighted by Gasteiger charge is 2.49. The van der Waals surface area contributed by atoms with Crippen molar-refractivity contribution < 1.29 is 28.4 Å². The molecule has 214 valence electrons. The molecule has 41 heavy (non-hydrogen) atoms. The Morgan fingerprint density at radius 1 is 0.561 bits per heavy atom. The summed E-state index contributed by atoms with van der Waals surface area (Å²) in [7, 11) is 4.89. The van der Waals surface area contributed by atoms with Crippen molar-refractivity contribution in [1.29, 1.82) is 0 Å². The molecule has 0 unspecified atom stereocenters. The predicted octanol–water partition coefficient (Wildman–Crippen LogP) is 5.98. The molecule has 1 heterocycles. The Hall–Kier alpha value is -3.36. The monoisotopic (exact) mass is 554 g/mol. The lowest BCUT2D eigenvalue weighted by Gasteiger charge is -2.46. The van der Waals surface area contributed by atoms with E-state index in [-0.39, 0.29) is 6.61 Å². The van der Waals surface area contributed by atoms with Gasteiger partial charge < -0.3 is 28.4 Å². The molecule has 0 amide bonds. The third kappa shape index (κ3) is 6.28. The van der Waals surface area contributed by atoms with Crippen LogP contribution in [0.1, 0.15) is 22.3 Å². The fraction of sp³-hybridized carbons (Fsp3) is 0.314. The zero-order valence-corrected chi connectivity index (χ0v) is 23.8. The van der Waals surface area contributed by atoms with Crippen molar-refractivity contribution in [1.82, 2.24) is 0 Å². The van der Waals surface area contributed by atoms with Gasteiger partial charge in [-0.25, -0.2) is 0 Å². The minimum atomic E-state index is -0.902. The van der Waals surface area contributed by atoms with Crippen LogP contribution >= 0.6 is 0 Å². The van der Waals surface area contributed by atoms with Gasteiger partial charge in [-0.3, -0.25) is 0 Å². The molecule has 0 saturated carbocycles. The van der Waals surface area contributed by atoms with E-state index in [1.54, 1.807) is 21.3 Å². The Morgan fingerprint density at radius 3 is 1.46 bits per heavy atom. The van der Waals surface area contributed by atoms with Crippen LogP contribution in [0.5, 0.6) is 0 Å². The minimum Gasteiger partial charge on any atom is -0.376 e. The van der Waals surface area contributed by atoms with Crippen molar-refractivity contribution in [2.45, 2.75) is 42.9 Å². The van der Waals surface area contributed by atoms with E-state index in [9.17, 15) is 0 Å². The molecule has 1 aliphatic rings. The van der Waals surface area contributed by atoms with Crippen LogP contribution in [0, 0.1) is 0 Å². The zero-order valence-electron chi connectivity index (χ0n) is 23.8. The first kappa shape index (κ1) is 29.1. The topological polar surface area (TPSA) is 55.4 Å². The lowest BCUT2D eigenvalue weighted by molar-refractivity contribution is -0.315. The van der Waals surface area contributed by atoms with Crippen LogP contribution in [0.3, 0.4) is 0 Å². The van der Waals surface area contributed by atoms with Crippen LogP contribution in [0.4, 0.5) is 0 Å². The number of ether oxygens (including phenoxy) is 6. The van der Waals surface area contributed by atoms with Gasteiger partial charge in [-0.1, -0.05) is 121 Å². The maximum absolute atomic E-state index is 7.11. The summed E-state index contributed by atoms with van der Waals surface area (Å²) in [5.74, 6) is 0. The first-order valence-corrected chi connectivity index (χ1v) is 13.9. The van der Waals surface area contributed by atoms with Crippen LogP contribution in [0.15, 0.2) is 121 Å². The maximum atomic E-state index is 7.11. The SMILES string of the molecule is CO[C@H]1O[C@H](COC(c2ccccc2)(c2ccccc2)c2ccccc2)[C@H](OCc2ccccc2)[C@H](OC)[C@H]1OC. The average Bonchev–Trinajstić information content (AvgIpc) is 3.05. The molecule has 0 radical (unpaired) electrons. The van der Waals surface area contributed by atoms with Crippen molar-refractivity contribution in [2.75, 3.05) is 27.9 Å². The van der Waals surface area contributed by atoms with Gasteiger partial charge in [0, 0.05) is 21.3 Å². The average molecular weight is 555 g/mol. The molecule has 0 N–H and O–H groups in total. The molecule has 6 heteroatoms. The van der Waals surface area contributed by atoms with E-state index in [1.165, 1.54) is 0 Å². The Balaban J connectivity index is 1.54. The normalized spacial score (nSPS) is 22.9. The van der Waals surface area contributed by atoms with E-state index in [4.69, 9.17) is 28.4 Å². The summed E-state index contributed by atoms with van der Waals surface area (Å²) < 4.78 is 37.6. The zero-order chi connectivity index (χ0) is 28.5. The van der Waals surface area contributed by atoms with Crippen LogP contribution < -0.4 is 0 Å². The molecule has 0 aromatic heterocycles. The first-order valence-electron chi connectivity index (χ1n) is 13.9. The van der Waals surface area contributed by atoms with E-state index in [0.717, 1.165) is 22.3 Å². The smallest absolute Gasteiger partial charge is 0.186 e. The maximum Gasteiger partial charge on any atom is 0.186 e. The molecule has 0 aliphatic carbocycles. The molecule has 4 aromatic rings. The van der Waals surface area contributed by atoms with E-state index in [2.05, 4.69) is 36.4 Å². The molecule has 4 aromatic carbocycles. The molecule has 1 aliphatic heterocycles. The molecule has 5 rings (SSSR count). The molecule has 0 bridgehead atoms. The number of rotatable bonds is 12. The van der Waals surface area contributed by atoms with E-state index >= 15 is 0 Å². The Morgan fingerprint density at radius 2 is 1.02 bits per heavy atom. The quantitative estimate of drug-likeness (QED) is 0.201. The second-order valence-electron chi connectivity index (χ2n) is 10.0. The van der Waals surface area contributed by atoms with Crippen LogP contribution in [0.25, 0.3) is 0 Å². The fourth-order valence-electron chi connectivity index (χ4n) is 5.66. The number of hydrogen-bond acceptors (Lipinski definition) is 6. The highest BCUT2D eigenvalue weighted by molar-refractivity contribution is 5.47. The van der Waals surface area contributed by atoms with Gasteiger partial charge in [-0.2, -0.15) is 0 Å². The van der Waals surface area contributed by atoms with E-state index in [1.807, 2.05) is 84.9 Å². The van der Waals surface area contributed by atoms with Gasteiger partial charge in [0.05, 0.1) is 13.2 Å². The van der Waals surface area contributed by atoms with Crippen molar-refractivity contribution in [3.05, 3.63) is 144 Å². The van der Waals surface area contributed by atoms with Gasteiger partial charge in [0.2, 0.25) is 0 Å². The molecule has 1 saturated heterocycles. The summed E-state index contributed by atoms with van der Waals surface area (Å²) in [6.07, 6.45) is -2.60. The lowest BCUT2D eigenvalue weighted by atomic mass is 9.80. The molecular weight excluding hydrogens is 516 g/mol. The van der Waals surface area contributed by atoms with Crippen molar-refractivity contribution in [3.63, 3.8) is 0 Å². The summed E-state index contributed by atoms with van der Waals surface area (Å²) >= 11 is 0. The summed E-state index contributed by atoms with van der Waals surface area (Å²) in [6.45, 7) is 0.592. The Labute approximate surface area is 242 Å². The largest absolute Gasteiger partial charge is 0.376 e. The Bertz CT molecular complexity index is 1210. The van der Waals surface area contributed by atoms with Crippen LogP contribution in [-0.4, -0.2) is 58.6 Å². The second-order valence-corrected chi connectivity index (χ2v) is 10.0. The van der Waals surface area contributed by atoms with Crippen molar-refractivity contribution in [2.24, 2.45) is 0 Å². The first-order chi connectivity index (χ1) is 20.2. The number of methoxy groups -OCH3 is 3. The highest BCUT2D eigenvalue weighted by Crippen LogP contribution is 2.41. The van der Waals surface area contributed by atoms with E-state index < -0.39 is 36.3 Å². The predicted molar refractivity (Wildman–Crippen MR) is 157 cm³/mol. The third-order valence-corrected chi connectivity index (χ3v) is 7.66. The summed E-state index contributed by atoms with van der Waals surface area (Å²) in [6, 6.07) is 40.9. The van der Waals surface area contributed by atoms with Gasteiger partial charge in [0.1, 0.15) is 30.0 Å². The molecule has 0 spiro atoms. The molecular formula is C35H38O6. The van der Waals surface area contributed by atoms with Crippen LogP contribution in [-0.2, 0) is 40.6 Å². The summed E-state index contributed by atoms with van der Waals surface area (Å²) in [5.41, 5.74) is 3.18. The number of hydrogen-bond donors (Lipinski definition) is 0. The fourth-order valence-corrected chi connectivity index (χ4v) is 5.66. The molecule has 6 nitrogen and oxygen atoms in total. The van der Waals surface area contributed by atoms with E-state index in [0.29, 0.717) is 6.61 Å². The second kappa shape index (κ2) is 14.0. The minimum absolute atomic E-state index is 0.203. The van der Waals surface area contributed by atoms with Gasteiger partial charge in [0.15, 0.2) is 6.29 Å².